The fraction of sp³-hybridized carbons (Fsp3) is 0.214. The topological polar surface area (TPSA) is 42.2 Å². The van der Waals surface area contributed by atoms with Crippen LogP contribution in [0.1, 0.15) is 17.6 Å². The number of hydrogen-bond acceptors (Lipinski definition) is 3. The molecule has 2 rings (SSSR count). The summed E-state index contributed by atoms with van der Waals surface area (Å²) >= 11 is 1.61. The van der Waals surface area contributed by atoms with Crippen molar-refractivity contribution >= 4 is 23.3 Å². The van der Waals surface area contributed by atoms with Gasteiger partial charge in [-0.15, -0.1) is 11.3 Å². The Bertz CT molecular complexity index is 500. The number of carbonyl (C=O) groups excluding carboxylic acids is 1. The molecule has 0 bridgehead atoms. The van der Waals surface area contributed by atoms with Gasteiger partial charge in [0.2, 0.25) is 5.91 Å². The van der Waals surface area contributed by atoms with Gasteiger partial charge in [0.15, 0.2) is 0 Å². The summed E-state index contributed by atoms with van der Waals surface area (Å²) in [6.45, 7) is 1.96. The summed E-state index contributed by atoms with van der Waals surface area (Å²) in [5.74, 6) is 0.799. The molecule has 2 heterocycles. The van der Waals surface area contributed by atoms with Crippen LogP contribution in [-0.2, 0) is 11.2 Å². The number of hydrogen-bond donors (Lipinski definition) is 1. The minimum Gasteiger partial charge on any atom is -0.469 e. The number of amides is 1. The maximum atomic E-state index is 11.7. The number of carbonyl (C=O) groups is 1. The summed E-state index contributed by atoms with van der Waals surface area (Å²) in [5.41, 5.74) is 0. The van der Waals surface area contributed by atoms with E-state index in [2.05, 4.69) is 5.32 Å². The molecule has 2 aromatic heterocycles. The molecular weight excluding hydrogens is 246 g/mol. The van der Waals surface area contributed by atoms with Gasteiger partial charge in [0.1, 0.15) is 5.76 Å². The highest BCUT2D eigenvalue weighted by Gasteiger charge is 2.07. The molecule has 1 atom stereocenters. The molecule has 3 nitrogen and oxygen atoms in total. The van der Waals surface area contributed by atoms with Crippen molar-refractivity contribution < 1.29 is 9.21 Å². The van der Waals surface area contributed by atoms with Gasteiger partial charge in [0, 0.05) is 23.4 Å². The molecule has 0 unspecified atom stereocenters. The largest absolute Gasteiger partial charge is 0.469 e. The van der Waals surface area contributed by atoms with Gasteiger partial charge in [-0.05, 0) is 36.6 Å². The van der Waals surface area contributed by atoms with Crippen LogP contribution in [0.25, 0.3) is 6.08 Å². The summed E-state index contributed by atoms with van der Waals surface area (Å²) in [4.78, 5) is 12.7. The van der Waals surface area contributed by atoms with Crippen molar-refractivity contribution in [2.75, 3.05) is 0 Å². The van der Waals surface area contributed by atoms with Crippen molar-refractivity contribution in [1.82, 2.24) is 5.32 Å². The van der Waals surface area contributed by atoms with Gasteiger partial charge < -0.3 is 9.73 Å². The number of nitrogens with one attached hydrogen (secondary N) is 1. The normalized spacial score (nSPS) is 12.7. The van der Waals surface area contributed by atoms with Gasteiger partial charge in [-0.3, -0.25) is 4.79 Å². The zero-order valence-electron chi connectivity index (χ0n) is 10.1. The Morgan fingerprint density at radius 1 is 1.50 bits per heavy atom. The number of rotatable bonds is 5. The minimum atomic E-state index is -0.0811. The highest BCUT2D eigenvalue weighted by Crippen LogP contribution is 2.10. The summed E-state index contributed by atoms with van der Waals surface area (Å²) in [7, 11) is 0. The molecule has 18 heavy (non-hydrogen) atoms. The molecule has 0 saturated carbocycles. The van der Waals surface area contributed by atoms with Gasteiger partial charge >= 0.3 is 0 Å². The average Bonchev–Trinajstić information content (AvgIpc) is 2.98. The van der Waals surface area contributed by atoms with Crippen LogP contribution in [0.2, 0.25) is 0 Å². The van der Waals surface area contributed by atoms with Gasteiger partial charge in [-0.25, -0.2) is 0 Å². The van der Waals surface area contributed by atoms with E-state index < -0.39 is 0 Å². The third-order valence-electron chi connectivity index (χ3n) is 2.42. The first-order chi connectivity index (χ1) is 8.74. The molecule has 94 valence electrons. The summed E-state index contributed by atoms with van der Waals surface area (Å²) in [5, 5.41) is 4.88. The highest BCUT2D eigenvalue weighted by molar-refractivity contribution is 7.10. The molecule has 4 heteroatoms. The van der Waals surface area contributed by atoms with E-state index in [1.54, 1.807) is 23.7 Å². The van der Waals surface area contributed by atoms with Crippen molar-refractivity contribution in [2.45, 2.75) is 19.4 Å². The van der Waals surface area contributed by atoms with E-state index in [0.29, 0.717) is 6.42 Å². The maximum Gasteiger partial charge on any atom is 0.244 e. The van der Waals surface area contributed by atoms with Crippen molar-refractivity contribution in [3.8, 4) is 0 Å². The molecule has 0 spiro atoms. The molecule has 0 radical (unpaired) electrons. The van der Waals surface area contributed by atoms with Gasteiger partial charge in [0.05, 0.1) is 6.26 Å². The minimum absolute atomic E-state index is 0.0524. The van der Waals surface area contributed by atoms with Crippen LogP contribution in [0.4, 0.5) is 0 Å². The molecule has 0 aromatic carbocycles. The fourth-order valence-corrected chi connectivity index (χ4v) is 2.23. The Kier molecular flexibility index (Phi) is 4.36. The zero-order valence-corrected chi connectivity index (χ0v) is 10.9. The Morgan fingerprint density at radius 2 is 2.39 bits per heavy atom. The van der Waals surface area contributed by atoms with E-state index >= 15 is 0 Å². The van der Waals surface area contributed by atoms with Gasteiger partial charge in [-0.2, -0.15) is 0 Å². The summed E-state index contributed by atoms with van der Waals surface area (Å²) in [6, 6.07) is 7.74. The fourth-order valence-electron chi connectivity index (χ4n) is 1.62. The molecule has 0 saturated heterocycles. The van der Waals surface area contributed by atoms with Crippen LogP contribution >= 0.6 is 11.3 Å². The second-order valence-electron chi connectivity index (χ2n) is 4.04. The number of furan rings is 1. The lowest BCUT2D eigenvalue weighted by atomic mass is 10.2. The Morgan fingerprint density at radius 3 is 3.06 bits per heavy atom. The first kappa shape index (κ1) is 12.6. The molecule has 0 aliphatic carbocycles. The number of thiophene rings is 1. The quantitative estimate of drug-likeness (QED) is 0.840. The standard InChI is InChI=1S/C14H15NO2S/c1-11(10-12-4-2-8-17-12)15-14(16)7-6-13-5-3-9-18-13/h2-9,11H,10H2,1H3,(H,15,16)/b7-6+/t11-/m1/s1. The zero-order chi connectivity index (χ0) is 12.8. The van der Waals surface area contributed by atoms with E-state index in [1.165, 1.54) is 0 Å². The van der Waals surface area contributed by atoms with Gasteiger partial charge in [0.25, 0.3) is 0 Å². The predicted molar refractivity (Wildman–Crippen MR) is 73.4 cm³/mol. The monoisotopic (exact) mass is 261 g/mol. The SMILES string of the molecule is C[C@H](Cc1ccco1)NC(=O)/C=C/c1cccs1. The average molecular weight is 261 g/mol. The summed E-state index contributed by atoms with van der Waals surface area (Å²) < 4.78 is 5.24. The van der Waals surface area contributed by atoms with E-state index in [-0.39, 0.29) is 11.9 Å². The van der Waals surface area contributed by atoms with Crippen molar-refractivity contribution in [1.29, 1.82) is 0 Å². The van der Waals surface area contributed by atoms with Crippen molar-refractivity contribution in [3.05, 3.63) is 52.6 Å². The Labute approximate surface area is 110 Å². The van der Waals surface area contributed by atoms with Crippen LogP contribution in [0, 0.1) is 0 Å². The van der Waals surface area contributed by atoms with Crippen LogP contribution in [0.5, 0.6) is 0 Å². The van der Waals surface area contributed by atoms with Crippen LogP contribution < -0.4 is 5.32 Å². The molecule has 1 amide bonds. The second-order valence-corrected chi connectivity index (χ2v) is 5.02. The van der Waals surface area contributed by atoms with Crippen molar-refractivity contribution in [2.24, 2.45) is 0 Å². The first-order valence-corrected chi connectivity index (χ1v) is 6.66. The van der Waals surface area contributed by atoms with Gasteiger partial charge in [-0.1, -0.05) is 6.07 Å². The van der Waals surface area contributed by atoms with Crippen molar-refractivity contribution in [3.63, 3.8) is 0 Å². The lowest BCUT2D eigenvalue weighted by Gasteiger charge is -2.10. The van der Waals surface area contributed by atoms with E-state index in [0.717, 1.165) is 10.6 Å². The van der Waals surface area contributed by atoms with E-state index in [9.17, 15) is 4.79 Å². The molecule has 2 aromatic rings. The molecular formula is C14H15NO2S. The Balaban J connectivity index is 1.80. The highest BCUT2D eigenvalue weighted by atomic mass is 32.1. The van der Waals surface area contributed by atoms with Crippen LogP contribution in [0.3, 0.4) is 0 Å². The van der Waals surface area contributed by atoms with E-state index in [4.69, 9.17) is 4.42 Å². The third-order valence-corrected chi connectivity index (χ3v) is 3.26. The Hall–Kier alpha value is -1.81. The molecule has 0 aliphatic heterocycles. The van der Waals surface area contributed by atoms with E-state index in [1.807, 2.05) is 42.6 Å². The molecule has 0 fully saturated rings. The van der Waals surface area contributed by atoms with Crippen LogP contribution in [0.15, 0.2) is 46.4 Å². The summed E-state index contributed by atoms with van der Waals surface area (Å²) in [6.07, 6.45) is 5.72. The lowest BCUT2D eigenvalue weighted by molar-refractivity contribution is -0.117. The van der Waals surface area contributed by atoms with Crippen LogP contribution in [-0.4, -0.2) is 11.9 Å². The maximum absolute atomic E-state index is 11.7. The third kappa shape index (κ3) is 3.89. The second kappa shape index (κ2) is 6.21. The first-order valence-electron chi connectivity index (χ1n) is 5.78. The molecule has 0 aliphatic rings. The predicted octanol–water partition coefficient (Wildman–Crippen LogP) is 3.10. The smallest absolute Gasteiger partial charge is 0.244 e. The molecule has 1 N–H and O–H groups in total. The lowest BCUT2D eigenvalue weighted by Crippen LogP contribution is -2.32.